The lowest BCUT2D eigenvalue weighted by Gasteiger charge is -2.33. The highest BCUT2D eigenvalue weighted by atomic mass is 15.3. The molecule has 0 unspecified atom stereocenters. The molecule has 0 aliphatic carbocycles. The quantitative estimate of drug-likeness (QED) is 0.754. The van der Waals surface area contributed by atoms with Crippen LogP contribution in [0.1, 0.15) is 29.7 Å². The molecule has 0 aromatic heterocycles. The first kappa shape index (κ1) is 24.2. The van der Waals surface area contributed by atoms with Crippen LogP contribution in [0.25, 0.3) is 0 Å². The van der Waals surface area contributed by atoms with Crippen molar-refractivity contribution in [3.63, 3.8) is 0 Å². The van der Waals surface area contributed by atoms with Crippen molar-refractivity contribution in [3.05, 3.63) is 0 Å². The molecule has 0 aromatic carbocycles. The smallest absolute Gasteiger partial charge is 0.0479 e. The van der Waals surface area contributed by atoms with E-state index < -0.39 is 0 Å². The Bertz CT molecular complexity index is 101. The summed E-state index contributed by atoms with van der Waals surface area (Å²) in [5, 5.41) is 3.15. The van der Waals surface area contributed by atoms with Crippen LogP contribution in [0.3, 0.4) is 0 Å². The molecule has 0 aromatic rings. The fourth-order valence-corrected chi connectivity index (χ4v) is 1.35. The van der Waals surface area contributed by atoms with E-state index in [4.69, 9.17) is 5.73 Å². The molecule has 1 fully saturated rings. The summed E-state index contributed by atoms with van der Waals surface area (Å²) < 4.78 is 0. The average Bonchev–Trinajstić information content (AvgIpc) is 2.07. The van der Waals surface area contributed by atoms with Crippen LogP contribution in [0, 0.1) is 0 Å². The molecule has 1 aliphatic rings. The number of rotatable bonds is 3. The summed E-state index contributed by atoms with van der Waals surface area (Å²) in [6.07, 6.45) is 0. The molecule has 3 N–H and O–H groups in total. The van der Waals surface area contributed by atoms with Crippen molar-refractivity contribution in [1.82, 2.24) is 15.1 Å². The van der Waals surface area contributed by atoms with E-state index in [0.29, 0.717) is 6.67 Å². The molecule has 98 valence electrons. The second-order valence-electron chi connectivity index (χ2n) is 2.93. The van der Waals surface area contributed by atoms with Gasteiger partial charge in [-0.25, -0.2) is 0 Å². The Hall–Kier alpha value is -0.160. The third-order valence-electron chi connectivity index (χ3n) is 2.10. The maximum atomic E-state index is 5.51. The maximum Gasteiger partial charge on any atom is 0.0479 e. The van der Waals surface area contributed by atoms with Crippen molar-refractivity contribution in [3.8, 4) is 0 Å². The van der Waals surface area contributed by atoms with Gasteiger partial charge in [0.05, 0.1) is 0 Å². The Morgan fingerprint density at radius 2 is 1.33 bits per heavy atom. The summed E-state index contributed by atoms with van der Waals surface area (Å²) in [7, 11) is 1.98. The third-order valence-corrected chi connectivity index (χ3v) is 2.10. The fourth-order valence-electron chi connectivity index (χ4n) is 1.35. The van der Waals surface area contributed by atoms with Crippen LogP contribution in [0.15, 0.2) is 0 Å². The molecule has 1 saturated heterocycles. The zero-order chi connectivity index (χ0) is 8.10. The molecule has 4 nitrogen and oxygen atoms in total. The van der Waals surface area contributed by atoms with Gasteiger partial charge >= 0.3 is 0 Å². The number of hydrogen-bond acceptors (Lipinski definition) is 4. The van der Waals surface area contributed by atoms with Crippen LogP contribution < -0.4 is 11.1 Å². The largest absolute Gasteiger partial charge is 0.318 e. The Balaban J connectivity index is -0.000000151. The van der Waals surface area contributed by atoms with Crippen molar-refractivity contribution in [2.45, 2.75) is 29.7 Å². The zero-order valence-corrected chi connectivity index (χ0v) is 7.21. The summed E-state index contributed by atoms with van der Waals surface area (Å²) in [6, 6.07) is 0. The van der Waals surface area contributed by atoms with Gasteiger partial charge in [-0.3, -0.25) is 9.80 Å². The van der Waals surface area contributed by atoms with E-state index in [1.807, 2.05) is 7.05 Å². The van der Waals surface area contributed by atoms with Crippen LogP contribution >= 0.6 is 0 Å². The number of nitrogens with two attached hydrogens (primary N) is 1. The Labute approximate surface area is 97.8 Å². The minimum atomic E-state index is 0. The topological polar surface area (TPSA) is 44.5 Å². The van der Waals surface area contributed by atoms with Crippen LogP contribution in [0.4, 0.5) is 0 Å². The molecular formula is C11H34N4. The molecular weight excluding hydrogens is 188 g/mol. The van der Waals surface area contributed by atoms with Crippen molar-refractivity contribution in [2.75, 3.05) is 46.6 Å². The van der Waals surface area contributed by atoms with Gasteiger partial charge < -0.3 is 11.1 Å². The van der Waals surface area contributed by atoms with Crippen molar-refractivity contribution in [1.29, 1.82) is 0 Å². The van der Waals surface area contributed by atoms with Gasteiger partial charge in [0, 0.05) is 39.5 Å². The Kier molecular flexibility index (Phi) is 22.3. The lowest BCUT2D eigenvalue weighted by atomic mass is 10.3. The summed E-state index contributed by atoms with van der Waals surface area (Å²) in [5.74, 6) is 0. The van der Waals surface area contributed by atoms with E-state index in [0.717, 1.165) is 32.8 Å². The monoisotopic (exact) mass is 222 g/mol. The Morgan fingerprint density at radius 3 is 1.67 bits per heavy atom. The van der Waals surface area contributed by atoms with Gasteiger partial charge in [0.25, 0.3) is 0 Å². The number of piperazine rings is 1. The van der Waals surface area contributed by atoms with Gasteiger partial charge in [-0.15, -0.1) is 0 Å². The minimum absolute atomic E-state index is 0. The second-order valence-corrected chi connectivity index (χ2v) is 2.93. The number of nitrogens with one attached hydrogen (secondary N) is 1. The maximum absolute atomic E-state index is 5.51. The van der Waals surface area contributed by atoms with Crippen molar-refractivity contribution >= 4 is 0 Å². The zero-order valence-electron chi connectivity index (χ0n) is 7.21. The van der Waals surface area contributed by atoms with Crippen LogP contribution in [0.5, 0.6) is 0 Å². The van der Waals surface area contributed by atoms with Crippen molar-refractivity contribution < 1.29 is 0 Å². The predicted molar refractivity (Wildman–Crippen MR) is 73.1 cm³/mol. The molecule has 0 atom stereocenters. The molecule has 1 heterocycles. The lowest BCUT2D eigenvalue weighted by molar-refractivity contribution is 0.130. The highest BCUT2D eigenvalue weighted by molar-refractivity contribution is 4.69. The van der Waals surface area contributed by atoms with E-state index in [9.17, 15) is 0 Å². The predicted octanol–water partition coefficient (Wildman–Crippen LogP) is 1.24. The molecule has 15 heavy (non-hydrogen) atoms. The van der Waals surface area contributed by atoms with Gasteiger partial charge in [-0.1, -0.05) is 29.7 Å². The van der Waals surface area contributed by atoms with Crippen LogP contribution in [0.2, 0.25) is 0 Å². The normalized spacial score (nSPS) is 16.4. The second kappa shape index (κ2) is 13.8. The van der Waals surface area contributed by atoms with E-state index in [1.165, 1.54) is 0 Å². The first-order valence-electron chi connectivity index (χ1n) is 4.16. The van der Waals surface area contributed by atoms with Crippen LogP contribution in [-0.2, 0) is 0 Å². The number of hydrogen-bond donors (Lipinski definition) is 2. The Morgan fingerprint density at radius 1 is 0.933 bits per heavy atom. The summed E-state index contributed by atoms with van der Waals surface area (Å²) in [5.41, 5.74) is 5.51. The van der Waals surface area contributed by atoms with Gasteiger partial charge in [0.15, 0.2) is 0 Å². The van der Waals surface area contributed by atoms with Gasteiger partial charge in [0.1, 0.15) is 0 Å². The highest BCUT2D eigenvalue weighted by Crippen LogP contribution is 1.97. The SMILES string of the molecule is C.C.C.C.CNCN1CCN(CN)CC1. The summed E-state index contributed by atoms with van der Waals surface area (Å²) >= 11 is 0. The van der Waals surface area contributed by atoms with Crippen LogP contribution in [-0.4, -0.2) is 56.4 Å². The highest BCUT2D eigenvalue weighted by Gasteiger charge is 2.13. The molecule has 0 radical (unpaired) electrons. The standard InChI is InChI=1S/C7H18N4.4CH4/c1-9-7-11-4-2-10(6-8)3-5-11;;;;/h9H,2-8H2,1H3;4*1H4. The van der Waals surface area contributed by atoms with Crippen molar-refractivity contribution in [2.24, 2.45) is 5.73 Å². The first-order valence-corrected chi connectivity index (χ1v) is 4.16. The molecule has 0 saturated carbocycles. The summed E-state index contributed by atoms with van der Waals surface area (Å²) in [4.78, 5) is 4.66. The molecule has 4 heteroatoms. The fraction of sp³-hybridized carbons (Fsp3) is 1.00. The number of nitrogens with zero attached hydrogens (tertiary/aromatic N) is 2. The molecule has 1 aliphatic heterocycles. The van der Waals surface area contributed by atoms with Gasteiger partial charge in [0.2, 0.25) is 0 Å². The average molecular weight is 222 g/mol. The van der Waals surface area contributed by atoms with E-state index in [2.05, 4.69) is 15.1 Å². The lowest BCUT2D eigenvalue weighted by Crippen LogP contribution is -2.50. The third kappa shape index (κ3) is 8.81. The van der Waals surface area contributed by atoms with E-state index in [1.54, 1.807) is 0 Å². The summed E-state index contributed by atoms with van der Waals surface area (Å²) in [6.45, 7) is 6.19. The van der Waals surface area contributed by atoms with E-state index in [-0.39, 0.29) is 29.7 Å². The molecule has 0 bridgehead atoms. The first-order chi connectivity index (χ1) is 5.36. The minimum Gasteiger partial charge on any atom is -0.318 e. The van der Waals surface area contributed by atoms with Gasteiger partial charge in [-0.2, -0.15) is 0 Å². The molecule has 0 spiro atoms. The van der Waals surface area contributed by atoms with Gasteiger partial charge in [-0.05, 0) is 7.05 Å². The molecule has 0 amide bonds. The van der Waals surface area contributed by atoms with E-state index >= 15 is 0 Å². The molecule has 1 rings (SSSR count).